The third-order valence-electron chi connectivity index (χ3n) is 4.35. The summed E-state index contributed by atoms with van der Waals surface area (Å²) in [6, 6.07) is 14.8. The first-order chi connectivity index (χ1) is 11.6. The van der Waals surface area contributed by atoms with Crippen LogP contribution in [0.1, 0.15) is 0 Å². The van der Waals surface area contributed by atoms with E-state index in [4.69, 9.17) is 0 Å². The van der Waals surface area contributed by atoms with Gasteiger partial charge in [0.2, 0.25) is 0 Å². The van der Waals surface area contributed by atoms with E-state index in [1.54, 1.807) is 0 Å². The van der Waals surface area contributed by atoms with Crippen LogP contribution in [-0.4, -0.2) is 33.8 Å². The lowest BCUT2D eigenvalue weighted by atomic mass is 10.0. The normalized spacial score (nSPS) is 11.1. The summed E-state index contributed by atoms with van der Waals surface area (Å²) in [4.78, 5) is 6.47. The van der Waals surface area contributed by atoms with Gasteiger partial charge < -0.3 is 9.47 Å². The lowest BCUT2D eigenvalue weighted by Crippen LogP contribution is -2.07. The van der Waals surface area contributed by atoms with E-state index in [9.17, 15) is 0 Å². The maximum atomic E-state index is 4.38. The number of benzene rings is 2. The van der Waals surface area contributed by atoms with Crippen molar-refractivity contribution in [3.05, 3.63) is 55.0 Å². The molecule has 5 nitrogen and oxygen atoms in total. The standard InChI is InChI=1S/C19H19N5/c1-23(2)15-7-4-13(5-8-15)19-16(11-21-22-19)14-6-9-17-18(10-14)24(3)12-20-17/h4-12H,1-3H3,(H,21,22). The molecule has 120 valence electrons. The van der Waals surface area contributed by atoms with Crippen molar-refractivity contribution in [1.82, 2.24) is 19.7 Å². The number of nitrogens with one attached hydrogen (secondary N) is 1. The van der Waals surface area contributed by atoms with E-state index >= 15 is 0 Å². The van der Waals surface area contributed by atoms with Crippen molar-refractivity contribution in [1.29, 1.82) is 0 Å². The molecule has 2 aromatic heterocycles. The van der Waals surface area contributed by atoms with Crippen LogP contribution in [0.2, 0.25) is 0 Å². The first-order valence-corrected chi connectivity index (χ1v) is 7.86. The summed E-state index contributed by atoms with van der Waals surface area (Å²) < 4.78 is 2.03. The fraction of sp³-hybridized carbons (Fsp3) is 0.158. The molecule has 0 bridgehead atoms. The first kappa shape index (κ1) is 14.5. The smallest absolute Gasteiger partial charge is 0.0955 e. The van der Waals surface area contributed by atoms with Crippen LogP contribution in [0.15, 0.2) is 55.0 Å². The Kier molecular flexibility index (Phi) is 3.34. The highest BCUT2D eigenvalue weighted by Crippen LogP contribution is 2.32. The van der Waals surface area contributed by atoms with E-state index in [1.807, 2.05) is 38.2 Å². The molecular formula is C19H19N5. The number of hydrogen-bond acceptors (Lipinski definition) is 3. The molecule has 0 aliphatic heterocycles. The third kappa shape index (κ3) is 2.34. The SMILES string of the molecule is CN(C)c1ccc(-c2[nH]ncc2-c2ccc3ncn(C)c3c2)cc1. The zero-order chi connectivity index (χ0) is 16.7. The van der Waals surface area contributed by atoms with Crippen molar-refractivity contribution in [2.45, 2.75) is 0 Å². The van der Waals surface area contributed by atoms with E-state index in [2.05, 4.69) is 62.5 Å². The van der Waals surface area contributed by atoms with Gasteiger partial charge in [0.05, 0.1) is 29.3 Å². The Morgan fingerprint density at radius 2 is 1.75 bits per heavy atom. The molecule has 0 aliphatic carbocycles. The minimum Gasteiger partial charge on any atom is -0.378 e. The van der Waals surface area contributed by atoms with Gasteiger partial charge in [-0.15, -0.1) is 0 Å². The van der Waals surface area contributed by atoms with E-state index in [0.29, 0.717) is 0 Å². The average molecular weight is 317 g/mol. The fourth-order valence-electron chi connectivity index (χ4n) is 2.94. The van der Waals surface area contributed by atoms with Crippen molar-refractivity contribution < 1.29 is 0 Å². The van der Waals surface area contributed by atoms with Crippen LogP contribution in [0.4, 0.5) is 5.69 Å². The Morgan fingerprint density at radius 1 is 1.00 bits per heavy atom. The molecule has 0 aliphatic rings. The molecule has 0 saturated carbocycles. The van der Waals surface area contributed by atoms with Crippen LogP contribution in [0, 0.1) is 0 Å². The van der Waals surface area contributed by atoms with E-state index < -0.39 is 0 Å². The van der Waals surface area contributed by atoms with Crippen LogP contribution in [0.5, 0.6) is 0 Å². The Balaban J connectivity index is 1.79. The Bertz CT molecular complexity index is 992. The second kappa shape index (κ2) is 5.53. The number of anilines is 1. The molecule has 0 radical (unpaired) electrons. The Hall–Kier alpha value is -3.08. The number of rotatable bonds is 3. The quantitative estimate of drug-likeness (QED) is 0.627. The zero-order valence-corrected chi connectivity index (χ0v) is 14.0. The van der Waals surface area contributed by atoms with Crippen LogP contribution < -0.4 is 4.90 Å². The summed E-state index contributed by atoms with van der Waals surface area (Å²) in [6.07, 6.45) is 3.72. The van der Waals surface area contributed by atoms with Crippen LogP contribution in [0.25, 0.3) is 33.4 Å². The van der Waals surface area contributed by atoms with Gasteiger partial charge in [-0.05, 0) is 29.8 Å². The number of hydrogen-bond donors (Lipinski definition) is 1. The topological polar surface area (TPSA) is 49.7 Å². The summed E-state index contributed by atoms with van der Waals surface area (Å²) in [5.41, 5.74) is 7.67. The second-order valence-electron chi connectivity index (χ2n) is 6.16. The van der Waals surface area contributed by atoms with Crippen molar-refractivity contribution in [2.24, 2.45) is 7.05 Å². The van der Waals surface area contributed by atoms with Crippen LogP contribution in [0.3, 0.4) is 0 Å². The highest BCUT2D eigenvalue weighted by Gasteiger charge is 2.11. The molecule has 24 heavy (non-hydrogen) atoms. The van der Waals surface area contributed by atoms with Gasteiger partial charge in [-0.1, -0.05) is 18.2 Å². The van der Waals surface area contributed by atoms with E-state index in [-0.39, 0.29) is 0 Å². The number of aryl methyl sites for hydroxylation is 1. The van der Waals surface area contributed by atoms with E-state index in [1.165, 1.54) is 5.69 Å². The largest absolute Gasteiger partial charge is 0.378 e. The molecule has 2 heterocycles. The summed E-state index contributed by atoms with van der Waals surface area (Å²) in [5.74, 6) is 0. The van der Waals surface area contributed by atoms with Gasteiger partial charge in [0.1, 0.15) is 0 Å². The van der Waals surface area contributed by atoms with Crippen molar-refractivity contribution in [3.63, 3.8) is 0 Å². The molecule has 5 heteroatoms. The summed E-state index contributed by atoms with van der Waals surface area (Å²) >= 11 is 0. The fourth-order valence-corrected chi connectivity index (χ4v) is 2.94. The maximum Gasteiger partial charge on any atom is 0.0955 e. The highest BCUT2D eigenvalue weighted by atomic mass is 15.1. The molecular weight excluding hydrogens is 298 g/mol. The lowest BCUT2D eigenvalue weighted by molar-refractivity contribution is 0.948. The summed E-state index contributed by atoms with van der Waals surface area (Å²) in [7, 11) is 6.09. The molecule has 0 atom stereocenters. The van der Waals surface area contributed by atoms with Crippen LogP contribution in [-0.2, 0) is 7.05 Å². The van der Waals surface area contributed by atoms with Crippen LogP contribution >= 0.6 is 0 Å². The molecule has 0 unspecified atom stereocenters. The van der Waals surface area contributed by atoms with Gasteiger partial charge in [0.25, 0.3) is 0 Å². The number of H-pyrrole nitrogens is 1. The second-order valence-corrected chi connectivity index (χ2v) is 6.16. The average Bonchev–Trinajstić information content (AvgIpc) is 3.22. The maximum absolute atomic E-state index is 4.38. The summed E-state index contributed by atoms with van der Waals surface area (Å²) in [6.45, 7) is 0. The molecule has 4 aromatic rings. The number of imidazole rings is 1. The third-order valence-corrected chi connectivity index (χ3v) is 4.35. The number of fused-ring (bicyclic) bond motifs is 1. The molecule has 2 aromatic carbocycles. The predicted octanol–water partition coefficient (Wildman–Crippen LogP) is 3.70. The van der Waals surface area contributed by atoms with Crippen molar-refractivity contribution in [3.8, 4) is 22.4 Å². The van der Waals surface area contributed by atoms with Gasteiger partial charge in [-0.2, -0.15) is 5.10 Å². The monoisotopic (exact) mass is 317 g/mol. The van der Waals surface area contributed by atoms with E-state index in [0.717, 1.165) is 33.4 Å². The van der Waals surface area contributed by atoms with Gasteiger partial charge in [0.15, 0.2) is 0 Å². The first-order valence-electron chi connectivity index (χ1n) is 7.86. The number of aromatic nitrogens is 4. The highest BCUT2D eigenvalue weighted by molar-refractivity contribution is 5.87. The molecule has 0 saturated heterocycles. The number of aromatic amines is 1. The molecule has 0 fully saturated rings. The van der Waals surface area contributed by atoms with Crippen molar-refractivity contribution >= 4 is 16.7 Å². The molecule has 0 spiro atoms. The Labute approximate surface area is 140 Å². The summed E-state index contributed by atoms with van der Waals surface area (Å²) in [5, 5.41) is 7.40. The zero-order valence-electron chi connectivity index (χ0n) is 14.0. The molecule has 1 N–H and O–H groups in total. The molecule has 4 rings (SSSR count). The van der Waals surface area contributed by atoms with Crippen molar-refractivity contribution in [2.75, 3.05) is 19.0 Å². The molecule has 0 amide bonds. The van der Waals surface area contributed by atoms with Gasteiger partial charge in [-0.3, -0.25) is 5.10 Å². The van der Waals surface area contributed by atoms with Gasteiger partial charge in [-0.25, -0.2) is 4.98 Å². The minimum absolute atomic E-state index is 1.00. The lowest BCUT2D eigenvalue weighted by Gasteiger charge is -2.12. The predicted molar refractivity (Wildman–Crippen MR) is 98.1 cm³/mol. The van der Waals surface area contributed by atoms with Gasteiger partial charge >= 0.3 is 0 Å². The number of nitrogens with zero attached hydrogens (tertiary/aromatic N) is 4. The van der Waals surface area contributed by atoms with Gasteiger partial charge in [0, 0.05) is 38.0 Å². The Morgan fingerprint density at radius 3 is 2.50 bits per heavy atom. The minimum atomic E-state index is 1.00.